The van der Waals surface area contributed by atoms with Crippen molar-refractivity contribution in [3.8, 4) is 0 Å². The van der Waals surface area contributed by atoms with Crippen LogP contribution < -0.4 is 0 Å². The molecule has 0 saturated carbocycles. The summed E-state index contributed by atoms with van der Waals surface area (Å²) in [5, 5.41) is 0. The van der Waals surface area contributed by atoms with E-state index in [1.165, 1.54) is 6.07 Å². The molecule has 142 valence electrons. The lowest BCUT2D eigenvalue weighted by molar-refractivity contribution is -0.150. The number of rotatable bonds is 3. The third-order valence-corrected chi connectivity index (χ3v) is 5.23. The van der Waals surface area contributed by atoms with E-state index in [1.807, 2.05) is 18.7 Å². The largest absolute Gasteiger partial charge is 0.372 e. The minimum atomic E-state index is -0.346. The summed E-state index contributed by atoms with van der Waals surface area (Å²) in [5.41, 5.74) is 0.423. The second-order valence-electron chi connectivity index (χ2n) is 7.42. The molecule has 26 heavy (non-hydrogen) atoms. The lowest BCUT2D eigenvalue weighted by Gasteiger charge is -2.39. The molecule has 5 nitrogen and oxygen atoms in total. The van der Waals surface area contributed by atoms with E-state index in [1.54, 1.807) is 23.1 Å². The zero-order valence-electron chi connectivity index (χ0n) is 15.5. The number of amides is 2. The van der Waals surface area contributed by atoms with E-state index in [9.17, 15) is 14.0 Å². The van der Waals surface area contributed by atoms with Crippen LogP contribution >= 0.6 is 0 Å². The molecule has 2 heterocycles. The normalized spacial score (nSPS) is 24.6. The average Bonchev–Trinajstić information content (AvgIpc) is 2.62. The van der Waals surface area contributed by atoms with Crippen LogP contribution in [0.5, 0.6) is 0 Å². The molecular formula is C20H27FN2O3. The van der Waals surface area contributed by atoms with Crippen molar-refractivity contribution in [3.05, 3.63) is 35.6 Å². The van der Waals surface area contributed by atoms with Gasteiger partial charge < -0.3 is 14.5 Å². The van der Waals surface area contributed by atoms with Crippen molar-refractivity contribution in [2.75, 3.05) is 26.2 Å². The molecule has 0 bridgehead atoms. The van der Waals surface area contributed by atoms with E-state index >= 15 is 0 Å². The Morgan fingerprint density at radius 2 is 1.69 bits per heavy atom. The van der Waals surface area contributed by atoms with E-state index in [0.29, 0.717) is 44.6 Å². The number of carbonyl (C=O) groups excluding carboxylic acids is 2. The maximum atomic E-state index is 13.7. The Kier molecular flexibility index (Phi) is 5.91. The number of ether oxygens (including phenoxy) is 1. The number of hydrogen-bond acceptors (Lipinski definition) is 3. The summed E-state index contributed by atoms with van der Waals surface area (Å²) in [7, 11) is 0. The first-order chi connectivity index (χ1) is 12.4. The molecule has 0 N–H and O–H groups in total. The molecule has 2 atom stereocenters. The van der Waals surface area contributed by atoms with Crippen LogP contribution in [0.3, 0.4) is 0 Å². The van der Waals surface area contributed by atoms with E-state index in [0.717, 1.165) is 0 Å². The molecule has 0 aliphatic carbocycles. The first-order valence-electron chi connectivity index (χ1n) is 9.39. The van der Waals surface area contributed by atoms with Gasteiger partial charge in [-0.1, -0.05) is 18.2 Å². The second kappa shape index (κ2) is 8.16. The van der Waals surface area contributed by atoms with Crippen molar-refractivity contribution >= 4 is 11.8 Å². The molecule has 2 saturated heterocycles. The summed E-state index contributed by atoms with van der Waals surface area (Å²) >= 11 is 0. The molecule has 0 spiro atoms. The summed E-state index contributed by atoms with van der Waals surface area (Å²) in [5.74, 6) is -0.283. The fourth-order valence-electron chi connectivity index (χ4n) is 3.91. The number of carbonyl (C=O) groups is 2. The van der Waals surface area contributed by atoms with Crippen LogP contribution in [0.4, 0.5) is 4.39 Å². The maximum absolute atomic E-state index is 13.7. The van der Waals surface area contributed by atoms with Crippen LogP contribution in [0.1, 0.15) is 32.3 Å². The minimum absolute atomic E-state index is 0.0370. The minimum Gasteiger partial charge on any atom is -0.372 e. The topological polar surface area (TPSA) is 49.9 Å². The summed E-state index contributed by atoms with van der Waals surface area (Å²) in [6.07, 6.45) is 1.53. The van der Waals surface area contributed by atoms with Gasteiger partial charge in [0.2, 0.25) is 11.8 Å². The first kappa shape index (κ1) is 18.8. The quantitative estimate of drug-likeness (QED) is 0.829. The zero-order valence-corrected chi connectivity index (χ0v) is 15.5. The number of halogens is 1. The van der Waals surface area contributed by atoms with E-state index in [-0.39, 0.29) is 42.2 Å². The number of nitrogens with zero attached hydrogens (tertiary/aromatic N) is 2. The van der Waals surface area contributed by atoms with Crippen LogP contribution in [0.25, 0.3) is 0 Å². The molecule has 1 aromatic carbocycles. The highest BCUT2D eigenvalue weighted by Gasteiger charge is 2.33. The van der Waals surface area contributed by atoms with Gasteiger partial charge in [-0.15, -0.1) is 0 Å². The highest BCUT2D eigenvalue weighted by Crippen LogP contribution is 2.23. The highest BCUT2D eigenvalue weighted by molar-refractivity contribution is 5.81. The van der Waals surface area contributed by atoms with Gasteiger partial charge in [-0.3, -0.25) is 9.59 Å². The van der Waals surface area contributed by atoms with E-state index in [2.05, 4.69) is 0 Å². The number of morpholine rings is 1. The molecule has 1 aromatic rings. The molecule has 2 aliphatic heterocycles. The van der Waals surface area contributed by atoms with Gasteiger partial charge in [0.1, 0.15) is 5.82 Å². The summed E-state index contributed by atoms with van der Waals surface area (Å²) in [6, 6.07) is 6.37. The molecule has 3 rings (SSSR count). The summed E-state index contributed by atoms with van der Waals surface area (Å²) < 4.78 is 19.4. The van der Waals surface area contributed by atoms with Crippen molar-refractivity contribution in [2.24, 2.45) is 5.92 Å². The van der Waals surface area contributed by atoms with Gasteiger partial charge >= 0.3 is 0 Å². The van der Waals surface area contributed by atoms with Gasteiger partial charge in [0, 0.05) is 32.1 Å². The Morgan fingerprint density at radius 3 is 2.31 bits per heavy atom. The van der Waals surface area contributed by atoms with Gasteiger partial charge in [0.15, 0.2) is 0 Å². The predicted molar refractivity (Wildman–Crippen MR) is 96.0 cm³/mol. The highest BCUT2D eigenvalue weighted by atomic mass is 19.1. The lowest BCUT2D eigenvalue weighted by Crippen LogP contribution is -2.51. The molecule has 0 aromatic heterocycles. The van der Waals surface area contributed by atoms with Crippen molar-refractivity contribution in [3.63, 3.8) is 0 Å². The zero-order chi connectivity index (χ0) is 18.7. The predicted octanol–water partition coefficient (Wildman–Crippen LogP) is 2.24. The van der Waals surface area contributed by atoms with E-state index in [4.69, 9.17) is 4.74 Å². The Hall–Kier alpha value is -1.95. The molecule has 0 radical (unpaired) electrons. The van der Waals surface area contributed by atoms with Gasteiger partial charge in [-0.25, -0.2) is 4.39 Å². The van der Waals surface area contributed by atoms with Crippen LogP contribution in [0.15, 0.2) is 24.3 Å². The van der Waals surface area contributed by atoms with Gasteiger partial charge in [-0.2, -0.15) is 0 Å². The van der Waals surface area contributed by atoms with Crippen molar-refractivity contribution in [2.45, 2.75) is 45.3 Å². The fourth-order valence-corrected chi connectivity index (χ4v) is 3.91. The van der Waals surface area contributed by atoms with Gasteiger partial charge in [-0.05, 0) is 38.3 Å². The summed E-state index contributed by atoms with van der Waals surface area (Å²) in [4.78, 5) is 28.9. The molecule has 2 aliphatic rings. The average molecular weight is 362 g/mol. The molecule has 0 unspecified atom stereocenters. The Labute approximate surface area is 154 Å². The molecular weight excluding hydrogens is 335 g/mol. The Morgan fingerprint density at radius 1 is 1.08 bits per heavy atom. The SMILES string of the molecule is C[C@H]1CN(C(=O)C2CCN(C(=O)Cc3ccccc3F)CC2)C[C@H](C)O1. The number of likely N-dealkylation sites (tertiary alicyclic amines) is 1. The lowest BCUT2D eigenvalue weighted by atomic mass is 9.94. The number of benzene rings is 1. The second-order valence-corrected chi connectivity index (χ2v) is 7.42. The third-order valence-electron chi connectivity index (χ3n) is 5.23. The van der Waals surface area contributed by atoms with Gasteiger partial charge in [0.25, 0.3) is 0 Å². The Balaban J connectivity index is 1.51. The number of hydrogen-bond donors (Lipinski definition) is 0. The van der Waals surface area contributed by atoms with Crippen molar-refractivity contribution < 1.29 is 18.7 Å². The monoisotopic (exact) mass is 362 g/mol. The maximum Gasteiger partial charge on any atom is 0.227 e. The summed E-state index contributed by atoms with van der Waals surface area (Å²) in [6.45, 7) is 6.35. The van der Waals surface area contributed by atoms with Crippen LogP contribution in [-0.2, 0) is 20.7 Å². The van der Waals surface area contributed by atoms with E-state index < -0.39 is 0 Å². The standard InChI is InChI=1S/C20H27FN2O3/c1-14-12-23(13-15(2)26-14)20(25)16-7-9-22(10-8-16)19(24)11-17-5-3-4-6-18(17)21/h3-6,14-16H,7-13H2,1-2H3/t14-,15-/m0/s1. The van der Waals surface area contributed by atoms with Crippen LogP contribution in [-0.4, -0.2) is 60.0 Å². The molecule has 2 amide bonds. The molecule has 6 heteroatoms. The van der Waals surface area contributed by atoms with Crippen LogP contribution in [0, 0.1) is 11.7 Å². The Bertz CT molecular complexity index is 648. The molecule has 2 fully saturated rings. The smallest absolute Gasteiger partial charge is 0.227 e. The van der Waals surface area contributed by atoms with Crippen LogP contribution in [0.2, 0.25) is 0 Å². The fraction of sp³-hybridized carbons (Fsp3) is 0.600. The van der Waals surface area contributed by atoms with Gasteiger partial charge in [0.05, 0.1) is 18.6 Å². The number of piperidine rings is 1. The van der Waals surface area contributed by atoms with Crippen molar-refractivity contribution in [1.29, 1.82) is 0 Å². The third kappa shape index (κ3) is 4.41. The first-order valence-corrected chi connectivity index (χ1v) is 9.39. The van der Waals surface area contributed by atoms with Crippen molar-refractivity contribution in [1.82, 2.24) is 9.80 Å².